The zero-order chi connectivity index (χ0) is 16.8. The molecule has 1 amide bonds. The van der Waals surface area contributed by atoms with Crippen molar-refractivity contribution in [2.75, 3.05) is 5.32 Å². The van der Waals surface area contributed by atoms with E-state index < -0.39 is 0 Å². The first-order valence-electron chi connectivity index (χ1n) is 7.38. The molecule has 0 aliphatic heterocycles. The Morgan fingerprint density at radius 2 is 1.62 bits per heavy atom. The van der Waals surface area contributed by atoms with Gasteiger partial charge in [0.1, 0.15) is 0 Å². The summed E-state index contributed by atoms with van der Waals surface area (Å²) in [5.41, 5.74) is 2.32. The lowest BCUT2D eigenvalue weighted by molar-refractivity contribution is 0.0950. The smallest absolute Gasteiger partial charge is 0.254 e. The maximum absolute atomic E-state index is 12.1. The number of halogens is 1. The first kappa shape index (κ1) is 16.1. The van der Waals surface area contributed by atoms with Gasteiger partial charge in [-0.05, 0) is 33.6 Å². The average Bonchev–Trinajstić information content (AvgIpc) is 2.63. The highest BCUT2D eigenvalue weighted by molar-refractivity contribution is 9.10. The van der Waals surface area contributed by atoms with Crippen LogP contribution in [0.5, 0.6) is 0 Å². The minimum atomic E-state index is -0.203. The van der Waals surface area contributed by atoms with Crippen molar-refractivity contribution in [2.24, 2.45) is 0 Å². The summed E-state index contributed by atoms with van der Waals surface area (Å²) in [6.07, 6.45) is 3.01. The molecule has 0 atom stereocenters. The normalized spacial score (nSPS) is 10.2. The summed E-state index contributed by atoms with van der Waals surface area (Å²) < 4.78 is 0.915. The molecule has 3 aromatic rings. The van der Waals surface area contributed by atoms with Crippen molar-refractivity contribution in [1.82, 2.24) is 15.3 Å². The summed E-state index contributed by atoms with van der Waals surface area (Å²) in [5, 5.41) is 5.94. The largest absolute Gasteiger partial charge is 0.348 e. The molecule has 0 aliphatic carbocycles. The predicted molar refractivity (Wildman–Crippen MR) is 97.1 cm³/mol. The summed E-state index contributed by atoms with van der Waals surface area (Å²) >= 11 is 3.45. The fourth-order valence-electron chi connectivity index (χ4n) is 2.07. The van der Waals surface area contributed by atoms with E-state index in [1.54, 1.807) is 0 Å². The quantitative estimate of drug-likeness (QED) is 0.701. The van der Waals surface area contributed by atoms with Gasteiger partial charge in [-0.2, -0.15) is 0 Å². The van der Waals surface area contributed by atoms with Gasteiger partial charge in [0.15, 0.2) is 0 Å². The molecule has 1 heterocycles. The maximum atomic E-state index is 12.1. The van der Waals surface area contributed by atoms with Crippen molar-refractivity contribution < 1.29 is 4.79 Å². The van der Waals surface area contributed by atoms with E-state index in [1.807, 2.05) is 54.6 Å². The van der Waals surface area contributed by atoms with Crippen LogP contribution in [0.4, 0.5) is 11.6 Å². The second-order valence-electron chi connectivity index (χ2n) is 5.07. The van der Waals surface area contributed by atoms with E-state index in [-0.39, 0.29) is 5.91 Å². The van der Waals surface area contributed by atoms with E-state index in [1.165, 1.54) is 12.4 Å². The van der Waals surface area contributed by atoms with Crippen molar-refractivity contribution in [3.05, 3.63) is 82.6 Å². The Bertz CT molecular complexity index is 822. The summed E-state index contributed by atoms with van der Waals surface area (Å²) in [4.78, 5) is 20.5. The number of aromatic nitrogens is 2. The minimum absolute atomic E-state index is 0.203. The highest BCUT2D eigenvalue weighted by Gasteiger charge is 2.07. The summed E-state index contributed by atoms with van der Waals surface area (Å²) in [6, 6.07) is 17.4. The standard InChI is InChI=1S/C18H15BrN4O/c19-15-8-4-5-9-16(15)23-18-21-11-14(12-22-18)17(24)20-10-13-6-2-1-3-7-13/h1-9,11-12H,10H2,(H,20,24)(H,21,22,23). The van der Waals surface area contributed by atoms with Crippen molar-refractivity contribution in [1.29, 1.82) is 0 Å². The molecule has 2 aromatic carbocycles. The Morgan fingerprint density at radius 3 is 2.33 bits per heavy atom. The van der Waals surface area contributed by atoms with Gasteiger partial charge in [0.25, 0.3) is 5.91 Å². The van der Waals surface area contributed by atoms with Crippen LogP contribution < -0.4 is 10.6 Å². The topological polar surface area (TPSA) is 66.9 Å². The van der Waals surface area contributed by atoms with Gasteiger partial charge >= 0.3 is 0 Å². The summed E-state index contributed by atoms with van der Waals surface area (Å²) in [5.74, 6) is 0.229. The highest BCUT2D eigenvalue weighted by atomic mass is 79.9. The van der Waals surface area contributed by atoms with Crippen LogP contribution in [0.3, 0.4) is 0 Å². The number of hydrogen-bond acceptors (Lipinski definition) is 4. The molecule has 0 spiro atoms. The number of nitrogens with one attached hydrogen (secondary N) is 2. The average molecular weight is 383 g/mol. The molecule has 0 saturated carbocycles. The molecule has 6 heteroatoms. The van der Waals surface area contributed by atoms with Gasteiger partial charge in [-0.3, -0.25) is 4.79 Å². The van der Waals surface area contributed by atoms with E-state index >= 15 is 0 Å². The Morgan fingerprint density at radius 1 is 0.958 bits per heavy atom. The van der Waals surface area contributed by atoms with E-state index in [4.69, 9.17) is 0 Å². The number of anilines is 2. The Balaban J connectivity index is 1.61. The zero-order valence-corrected chi connectivity index (χ0v) is 14.3. The molecule has 3 rings (SSSR count). The molecular formula is C18H15BrN4O. The van der Waals surface area contributed by atoms with E-state index in [0.717, 1.165) is 15.7 Å². The molecule has 0 radical (unpaired) electrons. The lowest BCUT2D eigenvalue weighted by Gasteiger charge is -2.08. The lowest BCUT2D eigenvalue weighted by Crippen LogP contribution is -2.23. The summed E-state index contributed by atoms with van der Waals surface area (Å²) in [6.45, 7) is 0.469. The van der Waals surface area contributed by atoms with Crippen LogP contribution in [-0.2, 0) is 6.54 Å². The molecule has 0 saturated heterocycles. The molecule has 0 fully saturated rings. The summed E-state index contributed by atoms with van der Waals surface area (Å²) in [7, 11) is 0. The fourth-order valence-corrected chi connectivity index (χ4v) is 2.46. The molecule has 1 aromatic heterocycles. The number of amides is 1. The number of carbonyl (C=O) groups is 1. The molecule has 0 bridgehead atoms. The van der Waals surface area contributed by atoms with Gasteiger partial charge in [-0.15, -0.1) is 0 Å². The Labute approximate surface area is 148 Å². The van der Waals surface area contributed by atoms with Gasteiger partial charge < -0.3 is 10.6 Å². The van der Waals surface area contributed by atoms with Gasteiger partial charge in [-0.1, -0.05) is 42.5 Å². The number of para-hydroxylation sites is 1. The van der Waals surface area contributed by atoms with Crippen LogP contribution in [0, 0.1) is 0 Å². The lowest BCUT2D eigenvalue weighted by atomic mass is 10.2. The van der Waals surface area contributed by atoms with Crippen molar-refractivity contribution in [3.63, 3.8) is 0 Å². The second-order valence-corrected chi connectivity index (χ2v) is 5.92. The SMILES string of the molecule is O=C(NCc1ccccc1)c1cnc(Nc2ccccc2Br)nc1. The van der Waals surface area contributed by atoms with E-state index in [9.17, 15) is 4.79 Å². The number of hydrogen-bond donors (Lipinski definition) is 2. The van der Waals surface area contributed by atoms with Crippen molar-refractivity contribution >= 4 is 33.5 Å². The monoisotopic (exact) mass is 382 g/mol. The van der Waals surface area contributed by atoms with Crippen LogP contribution in [0.25, 0.3) is 0 Å². The van der Waals surface area contributed by atoms with Gasteiger partial charge in [0.2, 0.25) is 5.95 Å². The Hall–Kier alpha value is -2.73. The van der Waals surface area contributed by atoms with E-state index in [2.05, 4.69) is 36.5 Å². The van der Waals surface area contributed by atoms with Crippen LogP contribution >= 0.6 is 15.9 Å². The molecule has 2 N–H and O–H groups in total. The first-order valence-corrected chi connectivity index (χ1v) is 8.17. The van der Waals surface area contributed by atoms with Crippen molar-refractivity contribution in [3.8, 4) is 0 Å². The van der Waals surface area contributed by atoms with Crippen molar-refractivity contribution in [2.45, 2.75) is 6.54 Å². The molecule has 5 nitrogen and oxygen atoms in total. The fraction of sp³-hybridized carbons (Fsp3) is 0.0556. The van der Waals surface area contributed by atoms with Crippen LogP contribution in [0.15, 0.2) is 71.5 Å². The molecular weight excluding hydrogens is 368 g/mol. The predicted octanol–water partition coefficient (Wildman–Crippen LogP) is 3.91. The number of rotatable bonds is 5. The zero-order valence-electron chi connectivity index (χ0n) is 12.7. The van der Waals surface area contributed by atoms with Crippen LogP contribution in [-0.4, -0.2) is 15.9 Å². The second kappa shape index (κ2) is 7.70. The third-order valence-corrected chi connectivity index (χ3v) is 4.02. The minimum Gasteiger partial charge on any atom is -0.348 e. The number of carbonyl (C=O) groups excluding carboxylic acids is 1. The number of benzene rings is 2. The molecule has 0 unspecified atom stereocenters. The molecule has 120 valence electrons. The third-order valence-electron chi connectivity index (χ3n) is 3.33. The van der Waals surface area contributed by atoms with Crippen LogP contribution in [0.2, 0.25) is 0 Å². The van der Waals surface area contributed by atoms with Gasteiger partial charge in [0, 0.05) is 23.4 Å². The van der Waals surface area contributed by atoms with Crippen LogP contribution in [0.1, 0.15) is 15.9 Å². The third kappa shape index (κ3) is 4.17. The van der Waals surface area contributed by atoms with Gasteiger partial charge in [-0.25, -0.2) is 9.97 Å². The first-order chi connectivity index (χ1) is 11.7. The van der Waals surface area contributed by atoms with E-state index in [0.29, 0.717) is 18.1 Å². The maximum Gasteiger partial charge on any atom is 0.254 e. The number of nitrogens with zero attached hydrogens (tertiary/aromatic N) is 2. The molecule has 0 aliphatic rings. The van der Waals surface area contributed by atoms with Gasteiger partial charge in [0.05, 0.1) is 11.3 Å². The Kier molecular flexibility index (Phi) is 5.18. The molecule has 24 heavy (non-hydrogen) atoms. The highest BCUT2D eigenvalue weighted by Crippen LogP contribution is 2.23.